The maximum absolute atomic E-state index is 9.99. The van der Waals surface area contributed by atoms with Crippen LogP contribution >= 0.6 is 0 Å². The molecule has 1 rings (SSSR count). The number of aliphatic hydroxyl groups excluding tert-OH is 1. The molecular weight excluding hydrogens is 264 g/mol. The van der Waals surface area contributed by atoms with Crippen molar-refractivity contribution >= 4 is 0 Å². The van der Waals surface area contributed by atoms with Gasteiger partial charge in [0.05, 0.1) is 18.8 Å². The summed E-state index contributed by atoms with van der Waals surface area (Å²) in [7, 11) is 0. The second-order valence-corrected chi connectivity index (χ2v) is 7.10. The van der Waals surface area contributed by atoms with E-state index >= 15 is 0 Å². The fourth-order valence-corrected chi connectivity index (χ4v) is 3.00. The Morgan fingerprint density at radius 2 is 1.76 bits per heavy atom. The average molecular weight is 300 g/mol. The van der Waals surface area contributed by atoms with E-state index in [0.29, 0.717) is 25.1 Å². The highest BCUT2D eigenvalue weighted by molar-refractivity contribution is 4.72. The van der Waals surface area contributed by atoms with Crippen LogP contribution in [0.25, 0.3) is 0 Å². The van der Waals surface area contributed by atoms with E-state index in [1.165, 1.54) is 32.4 Å². The third-order valence-corrected chi connectivity index (χ3v) is 4.06. The lowest BCUT2D eigenvalue weighted by Gasteiger charge is -2.29. The number of hydrogen-bond acceptors (Lipinski definition) is 4. The van der Waals surface area contributed by atoms with Crippen LogP contribution in [-0.4, -0.2) is 61.0 Å². The molecule has 3 atom stereocenters. The number of aliphatic hydroxyl groups is 1. The van der Waals surface area contributed by atoms with Crippen molar-refractivity contribution in [3.63, 3.8) is 0 Å². The summed E-state index contributed by atoms with van der Waals surface area (Å²) >= 11 is 0. The number of likely N-dealkylation sites (tertiary alicyclic amines) is 1. The monoisotopic (exact) mass is 300 g/mol. The lowest BCUT2D eigenvalue weighted by atomic mass is 10.1. The van der Waals surface area contributed by atoms with Crippen LogP contribution in [0.1, 0.15) is 53.4 Å². The standard InChI is InChI=1S/C17H36N2O2/c1-14(2)10-16(4)21-13-17(20)11-18-15(3)12-19-8-6-5-7-9-19/h14-18,20H,5-13H2,1-4H3. The molecular formula is C17H36N2O2. The second-order valence-electron chi connectivity index (χ2n) is 7.10. The summed E-state index contributed by atoms with van der Waals surface area (Å²) in [5, 5.41) is 13.4. The zero-order valence-electron chi connectivity index (χ0n) is 14.5. The van der Waals surface area contributed by atoms with Gasteiger partial charge < -0.3 is 20.1 Å². The number of piperidine rings is 1. The maximum Gasteiger partial charge on any atom is 0.0897 e. The molecule has 0 radical (unpaired) electrons. The van der Waals surface area contributed by atoms with Crippen LogP contribution in [0, 0.1) is 5.92 Å². The van der Waals surface area contributed by atoms with Gasteiger partial charge in [-0.15, -0.1) is 0 Å². The van der Waals surface area contributed by atoms with Gasteiger partial charge in [-0.2, -0.15) is 0 Å². The van der Waals surface area contributed by atoms with Crippen LogP contribution in [0.3, 0.4) is 0 Å². The molecule has 4 heteroatoms. The lowest BCUT2D eigenvalue weighted by Crippen LogP contribution is -2.44. The van der Waals surface area contributed by atoms with Crippen molar-refractivity contribution < 1.29 is 9.84 Å². The largest absolute Gasteiger partial charge is 0.389 e. The van der Waals surface area contributed by atoms with Gasteiger partial charge in [0, 0.05) is 19.1 Å². The lowest BCUT2D eigenvalue weighted by molar-refractivity contribution is -0.00944. The zero-order chi connectivity index (χ0) is 15.7. The number of nitrogens with zero attached hydrogens (tertiary/aromatic N) is 1. The normalized spacial score (nSPS) is 21.4. The zero-order valence-corrected chi connectivity index (χ0v) is 14.5. The van der Waals surface area contributed by atoms with Gasteiger partial charge in [-0.25, -0.2) is 0 Å². The number of nitrogens with one attached hydrogen (secondary N) is 1. The minimum atomic E-state index is -0.414. The molecule has 1 aliphatic rings. The fraction of sp³-hybridized carbons (Fsp3) is 1.00. The summed E-state index contributed by atoms with van der Waals surface area (Å²) < 4.78 is 5.70. The van der Waals surface area contributed by atoms with Gasteiger partial charge in [0.25, 0.3) is 0 Å². The fourth-order valence-electron chi connectivity index (χ4n) is 3.00. The van der Waals surface area contributed by atoms with E-state index in [9.17, 15) is 5.11 Å². The molecule has 4 nitrogen and oxygen atoms in total. The van der Waals surface area contributed by atoms with Crippen LogP contribution < -0.4 is 5.32 Å². The first-order valence-electron chi connectivity index (χ1n) is 8.72. The molecule has 0 aromatic heterocycles. The van der Waals surface area contributed by atoms with Gasteiger partial charge in [0.1, 0.15) is 0 Å². The molecule has 0 spiro atoms. The first-order chi connectivity index (χ1) is 9.97. The van der Waals surface area contributed by atoms with Crippen LogP contribution in [0.15, 0.2) is 0 Å². The summed E-state index contributed by atoms with van der Waals surface area (Å²) in [5.74, 6) is 0.639. The van der Waals surface area contributed by atoms with Crippen LogP contribution in [0.5, 0.6) is 0 Å². The third-order valence-electron chi connectivity index (χ3n) is 4.06. The van der Waals surface area contributed by atoms with Gasteiger partial charge in [-0.1, -0.05) is 20.3 Å². The highest BCUT2D eigenvalue weighted by Crippen LogP contribution is 2.09. The Morgan fingerprint density at radius 1 is 1.10 bits per heavy atom. The smallest absolute Gasteiger partial charge is 0.0897 e. The number of ether oxygens (including phenoxy) is 1. The van der Waals surface area contributed by atoms with E-state index in [1.54, 1.807) is 0 Å². The van der Waals surface area contributed by atoms with Gasteiger partial charge in [0.15, 0.2) is 0 Å². The summed E-state index contributed by atoms with van der Waals surface area (Å²) in [4.78, 5) is 2.52. The Morgan fingerprint density at radius 3 is 2.38 bits per heavy atom. The molecule has 1 saturated heterocycles. The summed E-state index contributed by atoms with van der Waals surface area (Å²) in [6, 6.07) is 0.422. The molecule has 1 heterocycles. The van der Waals surface area contributed by atoms with Crippen LogP contribution in [0.4, 0.5) is 0 Å². The van der Waals surface area contributed by atoms with Crippen molar-refractivity contribution in [3.05, 3.63) is 0 Å². The Kier molecular flexibility index (Phi) is 9.49. The number of hydrogen-bond donors (Lipinski definition) is 2. The molecule has 126 valence electrons. The minimum Gasteiger partial charge on any atom is -0.389 e. The topological polar surface area (TPSA) is 44.7 Å². The van der Waals surface area contributed by atoms with Crippen molar-refractivity contribution in [2.24, 2.45) is 5.92 Å². The molecule has 21 heavy (non-hydrogen) atoms. The third kappa shape index (κ3) is 9.46. The maximum atomic E-state index is 9.99. The van der Waals surface area contributed by atoms with Crippen molar-refractivity contribution in [2.75, 3.05) is 32.8 Å². The molecule has 0 amide bonds. The van der Waals surface area contributed by atoms with Crippen LogP contribution in [-0.2, 0) is 4.74 Å². The highest BCUT2D eigenvalue weighted by Gasteiger charge is 2.15. The Hall–Kier alpha value is -0.160. The van der Waals surface area contributed by atoms with Crippen molar-refractivity contribution in [3.8, 4) is 0 Å². The van der Waals surface area contributed by atoms with Crippen LogP contribution in [0.2, 0.25) is 0 Å². The van der Waals surface area contributed by atoms with Gasteiger partial charge >= 0.3 is 0 Å². The average Bonchev–Trinajstić information content (AvgIpc) is 2.43. The second kappa shape index (κ2) is 10.5. The summed E-state index contributed by atoms with van der Waals surface area (Å²) in [6.45, 7) is 13.2. The first kappa shape index (κ1) is 18.9. The molecule has 3 unspecified atom stereocenters. The van der Waals surface area contributed by atoms with Gasteiger partial charge in [-0.3, -0.25) is 0 Å². The molecule has 2 N–H and O–H groups in total. The Balaban J connectivity index is 2.06. The van der Waals surface area contributed by atoms with Crippen molar-refractivity contribution in [1.82, 2.24) is 10.2 Å². The van der Waals surface area contributed by atoms with E-state index in [1.807, 2.05) is 0 Å². The molecule has 0 bridgehead atoms. The molecule has 0 aliphatic carbocycles. The van der Waals surface area contributed by atoms with E-state index in [2.05, 4.69) is 37.9 Å². The minimum absolute atomic E-state index is 0.227. The van der Waals surface area contributed by atoms with Gasteiger partial charge in [-0.05, 0) is 52.1 Å². The summed E-state index contributed by atoms with van der Waals surface area (Å²) in [5.41, 5.74) is 0. The van der Waals surface area contributed by atoms with Crippen molar-refractivity contribution in [2.45, 2.75) is 71.6 Å². The predicted octanol–water partition coefficient (Wildman–Crippen LogP) is 2.26. The molecule has 0 aromatic rings. The van der Waals surface area contributed by atoms with Gasteiger partial charge in [0.2, 0.25) is 0 Å². The van der Waals surface area contributed by atoms with Crippen molar-refractivity contribution in [1.29, 1.82) is 0 Å². The first-order valence-corrected chi connectivity index (χ1v) is 8.72. The SMILES string of the molecule is CC(C)CC(C)OCC(O)CNC(C)CN1CCCCC1. The van der Waals surface area contributed by atoms with E-state index in [4.69, 9.17) is 4.74 Å². The Bertz CT molecular complexity index is 255. The quantitative estimate of drug-likeness (QED) is 0.649. The van der Waals surface area contributed by atoms with E-state index in [0.717, 1.165) is 13.0 Å². The number of rotatable bonds is 10. The molecule has 1 fully saturated rings. The molecule has 0 aromatic carbocycles. The van der Waals surface area contributed by atoms with E-state index in [-0.39, 0.29) is 6.10 Å². The predicted molar refractivity (Wildman–Crippen MR) is 88.6 cm³/mol. The summed E-state index contributed by atoms with van der Waals surface area (Å²) in [6.07, 6.45) is 4.90. The molecule has 1 aliphatic heterocycles. The Labute approximate surface area is 131 Å². The van der Waals surface area contributed by atoms with E-state index < -0.39 is 6.10 Å². The highest BCUT2D eigenvalue weighted by atomic mass is 16.5. The molecule has 0 saturated carbocycles.